The molecule has 1 saturated carbocycles. The number of ketones is 1. The van der Waals surface area contributed by atoms with Crippen LogP contribution in [-0.2, 0) is 11.3 Å². The number of aromatic nitrogens is 1. The van der Waals surface area contributed by atoms with Crippen molar-refractivity contribution in [3.05, 3.63) is 47.0 Å². The topological polar surface area (TPSA) is 66.4 Å². The number of carbonyl (C=O) groups is 2. The number of halogens is 2. The average molecular weight is 517 g/mol. The number of Topliss-reactive ketones (excluding diaryl/α,β-unsaturated/α-hetero) is 1. The molecule has 1 amide bonds. The van der Waals surface area contributed by atoms with Crippen molar-refractivity contribution in [2.75, 3.05) is 13.6 Å². The number of hydrogen-bond acceptors (Lipinski definition) is 4. The maximum absolute atomic E-state index is 14.4. The van der Waals surface area contributed by atoms with Crippen LogP contribution in [0.3, 0.4) is 0 Å². The molecule has 36 heavy (non-hydrogen) atoms. The van der Waals surface area contributed by atoms with Crippen molar-refractivity contribution in [2.45, 2.75) is 83.5 Å². The van der Waals surface area contributed by atoms with E-state index in [9.17, 15) is 14.0 Å². The Morgan fingerprint density at radius 1 is 1.19 bits per heavy atom. The number of nitrogens with zero attached hydrogens (tertiary/aromatic N) is 2. The Labute approximate surface area is 218 Å². The summed E-state index contributed by atoms with van der Waals surface area (Å²) in [6.07, 6.45) is 9.55. The Bertz CT molecular complexity index is 1140. The van der Waals surface area contributed by atoms with E-state index < -0.39 is 5.82 Å². The van der Waals surface area contributed by atoms with Crippen molar-refractivity contribution < 1.29 is 14.0 Å². The normalized spacial score (nSPS) is 20.5. The van der Waals surface area contributed by atoms with E-state index in [2.05, 4.69) is 22.1 Å². The van der Waals surface area contributed by atoms with Crippen molar-refractivity contribution in [1.82, 2.24) is 20.1 Å². The van der Waals surface area contributed by atoms with Gasteiger partial charge in [0.1, 0.15) is 5.82 Å². The molecule has 4 rings (SSSR count). The summed E-state index contributed by atoms with van der Waals surface area (Å²) in [5.41, 5.74) is 2.17. The molecular weight excluding hydrogens is 479 g/mol. The summed E-state index contributed by atoms with van der Waals surface area (Å²) in [5.74, 6) is -0.217. The van der Waals surface area contributed by atoms with Gasteiger partial charge in [0.25, 0.3) is 0 Å². The molecule has 8 heteroatoms. The molecule has 3 atom stereocenters. The number of benzene rings is 1. The van der Waals surface area contributed by atoms with Crippen LogP contribution in [0.25, 0.3) is 10.9 Å². The molecule has 0 spiro atoms. The minimum Gasteiger partial charge on any atom is -0.369 e. The molecule has 0 radical (unpaired) electrons. The first kappa shape index (κ1) is 26.7. The zero-order valence-corrected chi connectivity index (χ0v) is 22.3. The van der Waals surface area contributed by atoms with E-state index in [1.54, 1.807) is 13.1 Å². The molecule has 196 valence electrons. The number of hydrogen-bond donors (Lipinski definition) is 2. The smallest absolute Gasteiger partial charge is 0.237 e. The van der Waals surface area contributed by atoms with Gasteiger partial charge in [-0.2, -0.15) is 0 Å². The molecular formula is C28H38ClFN4O2. The fraction of sp³-hybridized carbons (Fsp3) is 0.571. The molecule has 1 aromatic heterocycles. The zero-order valence-electron chi connectivity index (χ0n) is 21.6. The highest BCUT2D eigenvalue weighted by molar-refractivity contribution is 6.31. The molecule has 0 unspecified atom stereocenters. The molecule has 2 aliphatic rings. The number of amides is 1. The molecule has 1 saturated heterocycles. The highest BCUT2D eigenvalue weighted by Gasteiger charge is 2.35. The van der Waals surface area contributed by atoms with Gasteiger partial charge in [-0.25, -0.2) is 4.39 Å². The first-order chi connectivity index (χ1) is 17.2. The summed E-state index contributed by atoms with van der Waals surface area (Å²) >= 11 is 6.04. The van der Waals surface area contributed by atoms with Crippen molar-refractivity contribution >= 4 is 34.2 Å². The molecule has 1 aliphatic carbocycles. The summed E-state index contributed by atoms with van der Waals surface area (Å²) in [4.78, 5) is 27.5. The minimum atomic E-state index is -0.495. The van der Waals surface area contributed by atoms with E-state index >= 15 is 0 Å². The summed E-state index contributed by atoms with van der Waals surface area (Å²) in [5, 5.41) is 7.02. The van der Waals surface area contributed by atoms with Crippen molar-refractivity contribution in [1.29, 1.82) is 0 Å². The Morgan fingerprint density at radius 2 is 1.92 bits per heavy atom. The summed E-state index contributed by atoms with van der Waals surface area (Å²) in [6.45, 7) is 9.36. The van der Waals surface area contributed by atoms with Gasteiger partial charge in [0.15, 0.2) is 5.78 Å². The maximum Gasteiger partial charge on any atom is 0.237 e. The number of nitrogens with one attached hydrogen (secondary N) is 2. The van der Waals surface area contributed by atoms with Crippen LogP contribution in [0, 0.1) is 11.7 Å². The van der Waals surface area contributed by atoms with Crippen LogP contribution < -0.4 is 10.6 Å². The molecule has 1 aliphatic heterocycles. The van der Waals surface area contributed by atoms with E-state index in [-0.39, 0.29) is 34.8 Å². The van der Waals surface area contributed by atoms with E-state index in [1.807, 2.05) is 17.7 Å². The third-order valence-corrected chi connectivity index (χ3v) is 8.35. The molecule has 2 N–H and O–H groups in total. The Balaban J connectivity index is 1.60. The fourth-order valence-electron chi connectivity index (χ4n) is 5.88. The fourth-order valence-corrected chi connectivity index (χ4v) is 6.04. The zero-order chi connectivity index (χ0) is 26.0. The SMILES string of the molecule is C=C([C@@H](NC(=O)[C@H](C)NC)C1CCCCC1)N1CCC[C@H]1Cn1cc(C(C)=O)c2cc(Cl)c(F)cc21. The van der Waals surface area contributed by atoms with Gasteiger partial charge in [-0.3, -0.25) is 9.59 Å². The van der Waals surface area contributed by atoms with E-state index in [4.69, 9.17) is 11.6 Å². The number of likely N-dealkylation sites (tertiary alicyclic amines) is 1. The van der Waals surface area contributed by atoms with Gasteiger partial charge < -0.3 is 20.1 Å². The minimum absolute atomic E-state index is 0.0140. The van der Waals surface area contributed by atoms with E-state index in [0.717, 1.165) is 37.9 Å². The Kier molecular flexibility index (Phi) is 8.41. The monoisotopic (exact) mass is 516 g/mol. The third-order valence-electron chi connectivity index (χ3n) is 8.06. The lowest BCUT2D eigenvalue weighted by molar-refractivity contribution is -0.123. The van der Waals surface area contributed by atoms with Crippen LogP contribution in [0.4, 0.5) is 4.39 Å². The predicted octanol–water partition coefficient (Wildman–Crippen LogP) is 5.29. The third kappa shape index (κ3) is 5.47. The van der Waals surface area contributed by atoms with Crippen molar-refractivity contribution in [3.8, 4) is 0 Å². The second-order valence-corrected chi connectivity index (χ2v) is 10.8. The van der Waals surface area contributed by atoms with E-state index in [1.165, 1.54) is 32.3 Å². The number of likely N-dealkylation sites (N-methyl/N-ethyl adjacent to an activating group) is 1. The van der Waals surface area contributed by atoms with Crippen molar-refractivity contribution in [3.63, 3.8) is 0 Å². The number of carbonyl (C=O) groups excluding carboxylic acids is 2. The van der Waals surface area contributed by atoms with Crippen molar-refractivity contribution in [2.24, 2.45) is 5.92 Å². The van der Waals surface area contributed by atoms with Gasteiger partial charge in [0.2, 0.25) is 5.91 Å². The lowest BCUT2D eigenvalue weighted by Gasteiger charge is -2.39. The molecule has 6 nitrogen and oxygen atoms in total. The quantitative estimate of drug-likeness (QED) is 0.444. The first-order valence-electron chi connectivity index (χ1n) is 13.1. The summed E-state index contributed by atoms with van der Waals surface area (Å²) < 4.78 is 16.4. The van der Waals surface area contributed by atoms with Gasteiger partial charge in [0, 0.05) is 42.0 Å². The highest BCUT2D eigenvalue weighted by Crippen LogP contribution is 2.34. The van der Waals surface area contributed by atoms with Crippen LogP contribution >= 0.6 is 11.6 Å². The van der Waals surface area contributed by atoms with Crippen LogP contribution in [0.1, 0.15) is 69.2 Å². The van der Waals surface area contributed by atoms with Gasteiger partial charge in [0.05, 0.1) is 22.6 Å². The number of rotatable bonds is 9. The second-order valence-electron chi connectivity index (χ2n) is 10.4. The Hall–Kier alpha value is -2.38. The standard InChI is InChI=1S/C28H38ClFN4O2/c1-17(31-4)28(36)32-27(20-9-6-5-7-10-20)18(2)34-12-8-11-21(34)15-33-16-23(19(3)35)22-13-24(29)25(30)14-26(22)33/h13-14,16-17,20-21,27,31H,2,5-12,15H2,1,3-4H3,(H,32,36)/t17-,21-,27+/m0/s1. The second kappa shape index (κ2) is 11.3. The maximum atomic E-state index is 14.4. The highest BCUT2D eigenvalue weighted by atomic mass is 35.5. The summed E-state index contributed by atoms with van der Waals surface area (Å²) in [7, 11) is 1.79. The van der Waals surface area contributed by atoms with Crippen LogP contribution in [-0.4, -0.2) is 52.9 Å². The summed E-state index contributed by atoms with van der Waals surface area (Å²) in [6, 6.07) is 2.71. The van der Waals surface area contributed by atoms with Gasteiger partial charge in [-0.05, 0) is 64.6 Å². The lowest BCUT2D eigenvalue weighted by atomic mass is 9.82. The number of fused-ring (bicyclic) bond motifs is 1. The molecule has 1 aromatic carbocycles. The molecule has 0 bridgehead atoms. The lowest BCUT2D eigenvalue weighted by Crippen LogP contribution is -2.52. The van der Waals surface area contributed by atoms with Crippen LogP contribution in [0.2, 0.25) is 5.02 Å². The van der Waals surface area contributed by atoms with Crippen LogP contribution in [0.15, 0.2) is 30.6 Å². The van der Waals surface area contributed by atoms with Gasteiger partial charge in [-0.1, -0.05) is 37.4 Å². The van der Waals surface area contributed by atoms with Gasteiger partial charge in [-0.15, -0.1) is 0 Å². The van der Waals surface area contributed by atoms with Crippen LogP contribution in [0.5, 0.6) is 0 Å². The predicted molar refractivity (Wildman–Crippen MR) is 143 cm³/mol. The largest absolute Gasteiger partial charge is 0.369 e. The molecule has 2 aromatic rings. The average Bonchev–Trinajstić information content (AvgIpc) is 3.47. The van der Waals surface area contributed by atoms with Gasteiger partial charge >= 0.3 is 0 Å². The molecule has 2 heterocycles. The van der Waals surface area contributed by atoms with E-state index in [0.29, 0.717) is 28.9 Å². The first-order valence-corrected chi connectivity index (χ1v) is 13.5. The molecule has 2 fully saturated rings. The Morgan fingerprint density at radius 3 is 2.58 bits per heavy atom.